The van der Waals surface area contributed by atoms with Crippen molar-refractivity contribution in [1.29, 1.82) is 0 Å². The lowest BCUT2D eigenvalue weighted by Crippen LogP contribution is -2.57. The molecule has 6 rings (SSSR count). The number of hydrogen-bond donors (Lipinski definition) is 1. The summed E-state index contributed by atoms with van der Waals surface area (Å²) in [7, 11) is 0. The molecule has 3 aromatic rings. The Balaban J connectivity index is 1.67. The highest BCUT2D eigenvalue weighted by molar-refractivity contribution is 7.25. The second-order valence-corrected chi connectivity index (χ2v) is 7.87. The minimum absolute atomic E-state index is 0.421. The number of benzene rings is 2. The van der Waals surface area contributed by atoms with E-state index in [1.54, 1.807) is 0 Å². The topological polar surface area (TPSA) is 23.5 Å². The molecule has 3 aliphatic rings. The third-order valence-corrected chi connectivity index (χ3v) is 6.74. The summed E-state index contributed by atoms with van der Waals surface area (Å²) in [6.07, 6.45) is 2.25. The normalized spacial score (nSPS) is 31.1. The molecule has 0 radical (unpaired) electrons. The van der Waals surface area contributed by atoms with Gasteiger partial charge in [0, 0.05) is 26.7 Å². The van der Waals surface area contributed by atoms with Gasteiger partial charge < -0.3 is 10.0 Å². The molecule has 3 heteroatoms. The smallest absolute Gasteiger partial charge is 0.105 e. The zero-order valence-corrected chi connectivity index (χ0v) is 13.3. The summed E-state index contributed by atoms with van der Waals surface area (Å²) in [6, 6.07) is 15.2. The Morgan fingerprint density at radius 3 is 2.55 bits per heavy atom. The molecule has 3 aliphatic heterocycles. The Morgan fingerprint density at radius 1 is 1.00 bits per heavy atom. The fourth-order valence-electron chi connectivity index (χ4n) is 4.36. The molecule has 3 fully saturated rings. The van der Waals surface area contributed by atoms with Crippen molar-refractivity contribution in [2.45, 2.75) is 18.4 Å². The van der Waals surface area contributed by atoms with Crippen LogP contribution in [0.15, 0.2) is 42.5 Å². The molecule has 2 bridgehead atoms. The zero-order valence-electron chi connectivity index (χ0n) is 12.5. The molecule has 1 atom stereocenters. The van der Waals surface area contributed by atoms with Crippen LogP contribution >= 0.6 is 11.3 Å². The molecule has 0 amide bonds. The van der Waals surface area contributed by atoms with Gasteiger partial charge >= 0.3 is 0 Å². The second-order valence-electron chi connectivity index (χ2n) is 6.78. The quantitative estimate of drug-likeness (QED) is 0.735. The molecule has 22 heavy (non-hydrogen) atoms. The van der Waals surface area contributed by atoms with Crippen molar-refractivity contribution in [3.05, 3.63) is 48.0 Å². The number of thiophene rings is 1. The molecule has 0 aliphatic carbocycles. The van der Waals surface area contributed by atoms with Crippen molar-refractivity contribution < 1.29 is 5.11 Å². The second kappa shape index (κ2) is 4.54. The lowest BCUT2D eigenvalue weighted by atomic mass is 9.71. The minimum atomic E-state index is -0.652. The predicted molar refractivity (Wildman–Crippen MR) is 92.4 cm³/mol. The Labute approximate surface area is 134 Å². The van der Waals surface area contributed by atoms with Gasteiger partial charge in [0.15, 0.2) is 0 Å². The van der Waals surface area contributed by atoms with E-state index >= 15 is 0 Å². The van der Waals surface area contributed by atoms with Crippen molar-refractivity contribution in [3.8, 4) is 0 Å². The molecule has 0 saturated carbocycles. The standard InChI is InChI=1S/C19H19NOS/c21-19(12-20-9-7-13(19)8-10-20)14-5-6-16-15-3-1-2-4-17(15)22-18(16)11-14/h1-6,11,13,21H,7-10,12H2. The predicted octanol–water partition coefficient (Wildman–Crippen LogP) is 3.97. The van der Waals surface area contributed by atoms with Crippen LogP contribution in [0.2, 0.25) is 0 Å². The van der Waals surface area contributed by atoms with Gasteiger partial charge in [0.2, 0.25) is 0 Å². The highest BCUT2D eigenvalue weighted by Gasteiger charge is 2.46. The molecule has 3 saturated heterocycles. The molecule has 1 unspecified atom stereocenters. The summed E-state index contributed by atoms with van der Waals surface area (Å²) >= 11 is 1.83. The molecule has 1 aromatic heterocycles. The third kappa shape index (κ3) is 1.73. The van der Waals surface area contributed by atoms with E-state index in [0.717, 1.165) is 38.0 Å². The van der Waals surface area contributed by atoms with Crippen LogP contribution in [0.1, 0.15) is 18.4 Å². The zero-order chi connectivity index (χ0) is 14.7. The van der Waals surface area contributed by atoms with Gasteiger partial charge in [0.25, 0.3) is 0 Å². The van der Waals surface area contributed by atoms with E-state index < -0.39 is 5.60 Å². The summed E-state index contributed by atoms with van der Waals surface area (Å²) in [4.78, 5) is 2.41. The van der Waals surface area contributed by atoms with Gasteiger partial charge in [0.1, 0.15) is 5.60 Å². The summed E-state index contributed by atoms with van der Waals surface area (Å²) in [5.41, 5.74) is 0.460. The number of nitrogens with zero attached hydrogens (tertiary/aromatic N) is 1. The van der Waals surface area contributed by atoms with Crippen molar-refractivity contribution >= 4 is 31.5 Å². The van der Waals surface area contributed by atoms with Crippen LogP contribution in [0, 0.1) is 5.92 Å². The summed E-state index contributed by atoms with van der Waals surface area (Å²) in [6.45, 7) is 3.10. The molecule has 0 spiro atoms. The lowest BCUT2D eigenvalue weighted by molar-refractivity contribution is -0.117. The summed E-state index contributed by atoms with van der Waals surface area (Å²) < 4.78 is 2.62. The lowest BCUT2D eigenvalue weighted by Gasteiger charge is -2.50. The van der Waals surface area contributed by atoms with Crippen LogP contribution < -0.4 is 0 Å². The monoisotopic (exact) mass is 309 g/mol. The largest absolute Gasteiger partial charge is 0.384 e. The van der Waals surface area contributed by atoms with Gasteiger partial charge in [-0.25, -0.2) is 0 Å². The summed E-state index contributed by atoms with van der Waals surface area (Å²) in [5, 5.41) is 14.0. The number of fused-ring (bicyclic) bond motifs is 6. The number of hydrogen-bond acceptors (Lipinski definition) is 3. The maximum atomic E-state index is 11.3. The van der Waals surface area contributed by atoms with Gasteiger partial charge in [-0.1, -0.05) is 30.3 Å². The van der Waals surface area contributed by atoms with Crippen LogP contribution in [0.4, 0.5) is 0 Å². The highest BCUT2D eigenvalue weighted by Crippen LogP contribution is 2.44. The first-order chi connectivity index (χ1) is 10.7. The van der Waals surface area contributed by atoms with Crippen molar-refractivity contribution in [3.63, 3.8) is 0 Å². The van der Waals surface area contributed by atoms with Gasteiger partial charge in [-0.3, -0.25) is 0 Å². The average Bonchev–Trinajstić information content (AvgIpc) is 2.93. The van der Waals surface area contributed by atoms with E-state index in [9.17, 15) is 5.11 Å². The van der Waals surface area contributed by atoms with Gasteiger partial charge in [-0.05, 0) is 49.5 Å². The van der Waals surface area contributed by atoms with E-state index in [1.807, 2.05) is 11.3 Å². The van der Waals surface area contributed by atoms with Crippen molar-refractivity contribution in [2.24, 2.45) is 5.92 Å². The number of piperidine rings is 3. The maximum absolute atomic E-state index is 11.3. The first kappa shape index (κ1) is 13.1. The molecular formula is C19H19NOS. The van der Waals surface area contributed by atoms with Crippen LogP contribution in [-0.2, 0) is 5.60 Å². The fraction of sp³-hybridized carbons (Fsp3) is 0.368. The molecule has 2 aromatic carbocycles. The third-order valence-electron chi connectivity index (χ3n) is 5.61. The van der Waals surface area contributed by atoms with Crippen LogP contribution in [0.3, 0.4) is 0 Å². The maximum Gasteiger partial charge on any atom is 0.105 e. The van der Waals surface area contributed by atoms with E-state index in [4.69, 9.17) is 0 Å². The Hall–Kier alpha value is -1.42. The Kier molecular flexibility index (Phi) is 2.70. The van der Waals surface area contributed by atoms with Crippen LogP contribution in [0.25, 0.3) is 20.2 Å². The first-order valence-electron chi connectivity index (χ1n) is 8.10. The van der Waals surface area contributed by atoms with E-state index in [0.29, 0.717) is 5.92 Å². The Bertz CT molecular complexity index is 862. The van der Waals surface area contributed by atoms with Crippen LogP contribution in [-0.4, -0.2) is 29.6 Å². The van der Waals surface area contributed by atoms with E-state index in [2.05, 4.69) is 47.4 Å². The van der Waals surface area contributed by atoms with E-state index in [-0.39, 0.29) is 0 Å². The van der Waals surface area contributed by atoms with Crippen molar-refractivity contribution in [1.82, 2.24) is 4.90 Å². The SMILES string of the molecule is OC1(c2ccc3c(c2)sc2ccccc23)CN2CCC1CC2. The van der Waals surface area contributed by atoms with Crippen molar-refractivity contribution in [2.75, 3.05) is 19.6 Å². The fourth-order valence-corrected chi connectivity index (χ4v) is 5.51. The van der Waals surface area contributed by atoms with Gasteiger partial charge in [-0.2, -0.15) is 0 Å². The minimum Gasteiger partial charge on any atom is -0.384 e. The van der Waals surface area contributed by atoms with Gasteiger partial charge in [0.05, 0.1) is 0 Å². The Morgan fingerprint density at radius 2 is 1.77 bits per heavy atom. The number of rotatable bonds is 1. The van der Waals surface area contributed by atoms with Gasteiger partial charge in [-0.15, -0.1) is 11.3 Å². The molecule has 4 heterocycles. The van der Waals surface area contributed by atoms with Crippen LogP contribution in [0.5, 0.6) is 0 Å². The highest BCUT2D eigenvalue weighted by atomic mass is 32.1. The summed E-state index contributed by atoms with van der Waals surface area (Å²) in [5.74, 6) is 0.421. The molecule has 112 valence electrons. The number of aliphatic hydroxyl groups is 1. The molecule has 2 nitrogen and oxygen atoms in total. The van der Waals surface area contributed by atoms with E-state index in [1.165, 1.54) is 20.2 Å². The average molecular weight is 309 g/mol. The molecule has 1 N–H and O–H groups in total. The first-order valence-corrected chi connectivity index (χ1v) is 8.92. The molecular weight excluding hydrogens is 290 g/mol.